The summed E-state index contributed by atoms with van der Waals surface area (Å²) in [6, 6.07) is 9.09. The highest BCUT2D eigenvalue weighted by Gasteiger charge is 2.43. The summed E-state index contributed by atoms with van der Waals surface area (Å²) in [7, 11) is -4.05. The van der Waals surface area contributed by atoms with Crippen LogP contribution in [0.3, 0.4) is 0 Å². The molecular weight excluding hydrogens is 374 g/mol. The number of aromatic nitrogens is 1. The molecule has 1 heterocycles. The van der Waals surface area contributed by atoms with Gasteiger partial charge in [-0.1, -0.05) is 17.7 Å². The molecule has 0 bridgehead atoms. The molecule has 25 heavy (non-hydrogen) atoms. The van der Waals surface area contributed by atoms with Crippen LogP contribution in [-0.2, 0) is 14.6 Å². The first-order valence-electron chi connectivity index (χ1n) is 7.12. The predicted octanol–water partition coefficient (Wildman–Crippen LogP) is 3.86. The Balaban J connectivity index is 2.30. The number of carbonyl (C=O) groups excluding carboxylic acids is 1. The van der Waals surface area contributed by atoms with Crippen LogP contribution < -0.4 is 5.32 Å². The third-order valence-corrected chi connectivity index (χ3v) is 6.25. The Labute approximate surface area is 149 Å². The van der Waals surface area contributed by atoms with Crippen molar-refractivity contribution in [2.45, 2.75) is 29.9 Å². The molecule has 2 rings (SSSR count). The van der Waals surface area contributed by atoms with Crippen molar-refractivity contribution < 1.29 is 22.0 Å². The van der Waals surface area contributed by atoms with Crippen LogP contribution in [0, 0.1) is 0 Å². The molecule has 0 saturated heterocycles. The molecule has 1 aromatic carbocycles. The van der Waals surface area contributed by atoms with E-state index in [1.54, 1.807) is 0 Å². The van der Waals surface area contributed by atoms with Crippen molar-refractivity contribution in [2.24, 2.45) is 0 Å². The number of nitrogens with one attached hydrogen (secondary N) is 1. The smallest absolute Gasteiger partial charge is 0.280 e. The van der Waals surface area contributed by atoms with E-state index in [1.807, 2.05) is 0 Å². The lowest BCUT2D eigenvalue weighted by atomic mass is 10.2. The first-order chi connectivity index (χ1) is 11.6. The first kappa shape index (κ1) is 19.3. The maximum Gasteiger partial charge on any atom is 0.280 e. The van der Waals surface area contributed by atoms with Gasteiger partial charge in [-0.25, -0.2) is 22.2 Å². The van der Waals surface area contributed by atoms with Gasteiger partial charge in [0.15, 0.2) is 9.84 Å². The number of anilines is 1. The number of sulfone groups is 1. The molecule has 9 heteroatoms. The number of rotatable bonds is 5. The van der Waals surface area contributed by atoms with Crippen LogP contribution in [0.5, 0.6) is 0 Å². The van der Waals surface area contributed by atoms with Gasteiger partial charge < -0.3 is 5.32 Å². The Kier molecular flexibility index (Phi) is 5.43. The Morgan fingerprint density at radius 3 is 2.32 bits per heavy atom. The Hall–Kier alpha value is -2.06. The van der Waals surface area contributed by atoms with Crippen molar-refractivity contribution in [3.05, 3.63) is 53.2 Å². The SMILES string of the molecule is CC(C)(C(=O)Nc1cccc(C(F)F)n1)S(=O)(=O)c1ccc(Cl)cc1. The average Bonchev–Trinajstić information content (AvgIpc) is 2.55. The fourth-order valence-electron chi connectivity index (χ4n) is 1.94. The summed E-state index contributed by atoms with van der Waals surface area (Å²) in [6.45, 7) is 2.45. The van der Waals surface area contributed by atoms with E-state index in [0.29, 0.717) is 5.02 Å². The zero-order chi connectivity index (χ0) is 18.8. The lowest BCUT2D eigenvalue weighted by molar-refractivity contribution is -0.117. The van der Waals surface area contributed by atoms with Crippen molar-refractivity contribution in [1.82, 2.24) is 4.98 Å². The molecule has 0 atom stereocenters. The van der Waals surface area contributed by atoms with Gasteiger partial charge in [0.25, 0.3) is 6.43 Å². The summed E-state index contributed by atoms with van der Waals surface area (Å²) in [5.74, 6) is -1.04. The fraction of sp³-hybridized carbons (Fsp3) is 0.250. The summed E-state index contributed by atoms with van der Waals surface area (Å²) >= 11 is 5.74. The van der Waals surface area contributed by atoms with Crippen molar-refractivity contribution in [2.75, 3.05) is 5.32 Å². The molecule has 0 fully saturated rings. The van der Waals surface area contributed by atoms with Crippen molar-refractivity contribution >= 4 is 33.2 Å². The van der Waals surface area contributed by atoms with Crippen LogP contribution >= 0.6 is 11.6 Å². The van der Waals surface area contributed by atoms with E-state index in [2.05, 4.69) is 10.3 Å². The number of benzene rings is 1. The number of alkyl halides is 2. The van der Waals surface area contributed by atoms with Crippen molar-refractivity contribution in [1.29, 1.82) is 0 Å². The quantitative estimate of drug-likeness (QED) is 0.843. The highest BCUT2D eigenvalue weighted by atomic mass is 35.5. The molecule has 0 aliphatic heterocycles. The number of pyridine rings is 1. The molecule has 0 aliphatic rings. The molecular formula is C16H15ClF2N2O3S. The molecule has 0 unspecified atom stereocenters. The normalized spacial score (nSPS) is 12.2. The van der Waals surface area contributed by atoms with Gasteiger partial charge in [0.2, 0.25) is 5.91 Å². The second-order valence-corrected chi connectivity index (χ2v) is 8.61. The number of nitrogens with zero attached hydrogens (tertiary/aromatic N) is 1. The Bertz CT molecular complexity index is 885. The summed E-state index contributed by atoms with van der Waals surface area (Å²) in [6.07, 6.45) is -2.80. The van der Waals surface area contributed by atoms with Crippen LogP contribution in [0.25, 0.3) is 0 Å². The van der Waals surface area contributed by atoms with E-state index in [1.165, 1.54) is 50.2 Å². The molecule has 134 valence electrons. The van der Waals surface area contributed by atoms with E-state index >= 15 is 0 Å². The minimum Gasteiger partial charge on any atom is -0.309 e. The third kappa shape index (κ3) is 3.96. The average molecular weight is 389 g/mol. The van der Waals surface area contributed by atoms with Gasteiger partial charge in [-0.3, -0.25) is 4.79 Å². The number of hydrogen-bond donors (Lipinski definition) is 1. The maximum absolute atomic E-state index is 12.7. The minimum absolute atomic E-state index is 0.0775. The zero-order valence-electron chi connectivity index (χ0n) is 13.3. The second-order valence-electron chi connectivity index (χ2n) is 5.67. The summed E-state index contributed by atoms with van der Waals surface area (Å²) < 4.78 is 49.0. The van der Waals surface area contributed by atoms with E-state index < -0.39 is 32.6 Å². The van der Waals surface area contributed by atoms with Gasteiger partial charge in [-0.2, -0.15) is 0 Å². The van der Waals surface area contributed by atoms with Gasteiger partial charge in [-0.15, -0.1) is 0 Å². The molecule has 1 N–H and O–H groups in total. The van der Waals surface area contributed by atoms with E-state index in [-0.39, 0.29) is 10.7 Å². The van der Waals surface area contributed by atoms with E-state index in [0.717, 1.165) is 6.07 Å². The van der Waals surface area contributed by atoms with Gasteiger partial charge in [0.05, 0.1) is 4.90 Å². The second kappa shape index (κ2) is 7.05. The monoisotopic (exact) mass is 388 g/mol. The van der Waals surface area contributed by atoms with Gasteiger partial charge in [0, 0.05) is 5.02 Å². The minimum atomic E-state index is -4.05. The molecule has 1 amide bonds. The lowest BCUT2D eigenvalue weighted by Crippen LogP contribution is -2.44. The third-order valence-electron chi connectivity index (χ3n) is 3.58. The zero-order valence-corrected chi connectivity index (χ0v) is 14.9. The summed E-state index contributed by atoms with van der Waals surface area (Å²) in [5, 5.41) is 2.63. The summed E-state index contributed by atoms with van der Waals surface area (Å²) in [4.78, 5) is 16.0. The van der Waals surface area contributed by atoms with E-state index in [9.17, 15) is 22.0 Å². The molecule has 5 nitrogen and oxygen atoms in total. The van der Waals surface area contributed by atoms with Crippen LogP contribution in [0.1, 0.15) is 26.0 Å². The van der Waals surface area contributed by atoms with Crippen LogP contribution in [0.2, 0.25) is 5.02 Å². The van der Waals surface area contributed by atoms with Crippen LogP contribution in [-0.4, -0.2) is 24.1 Å². The number of halogens is 3. The van der Waals surface area contributed by atoms with E-state index in [4.69, 9.17) is 11.6 Å². The van der Waals surface area contributed by atoms with Crippen molar-refractivity contribution in [3.8, 4) is 0 Å². The molecule has 1 aromatic heterocycles. The molecule has 0 spiro atoms. The topological polar surface area (TPSA) is 76.1 Å². The van der Waals surface area contributed by atoms with Crippen LogP contribution in [0.4, 0.5) is 14.6 Å². The highest BCUT2D eigenvalue weighted by molar-refractivity contribution is 7.93. The molecule has 0 radical (unpaired) electrons. The Morgan fingerprint density at radius 1 is 1.16 bits per heavy atom. The first-order valence-corrected chi connectivity index (χ1v) is 8.98. The number of amides is 1. The van der Waals surface area contributed by atoms with Crippen molar-refractivity contribution in [3.63, 3.8) is 0 Å². The fourth-order valence-corrected chi connectivity index (χ4v) is 3.44. The van der Waals surface area contributed by atoms with Gasteiger partial charge in [-0.05, 0) is 50.2 Å². The number of carbonyl (C=O) groups is 1. The molecule has 2 aromatic rings. The highest BCUT2D eigenvalue weighted by Crippen LogP contribution is 2.28. The largest absolute Gasteiger partial charge is 0.309 e. The Morgan fingerprint density at radius 2 is 1.76 bits per heavy atom. The summed E-state index contributed by atoms with van der Waals surface area (Å²) in [5.41, 5.74) is -0.517. The van der Waals surface area contributed by atoms with Crippen LogP contribution in [0.15, 0.2) is 47.4 Å². The van der Waals surface area contributed by atoms with Gasteiger partial charge in [0.1, 0.15) is 16.3 Å². The lowest BCUT2D eigenvalue weighted by Gasteiger charge is -2.23. The molecule has 0 saturated carbocycles. The standard InChI is InChI=1S/C16H15ClF2N2O3S/c1-16(2,25(23,24)11-8-6-10(17)7-9-11)15(22)21-13-5-3-4-12(20-13)14(18)19/h3-9,14H,1-2H3,(H,20,21,22). The van der Waals surface area contributed by atoms with Gasteiger partial charge >= 0.3 is 0 Å². The predicted molar refractivity (Wildman–Crippen MR) is 90.5 cm³/mol. The number of hydrogen-bond acceptors (Lipinski definition) is 4. The molecule has 0 aliphatic carbocycles. The maximum atomic E-state index is 12.7.